The van der Waals surface area contributed by atoms with Crippen molar-refractivity contribution in [2.24, 2.45) is 0 Å². The Morgan fingerprint density at radius 3 is 2.53 bits per heavy atom. The molecule has 98 valence electrons. The van der Waals surface area contributed by atoms with E-state index in [1.807, 2.05) is 0 Å². The van der Waals surface area contributed by atoms with Crippen LogP contribution in [0.2, 0.25) is 10.3 Å². The Bertz CT molecular complexity index is 600. The number of hydrogen-bond acceptors (Lipinski definition) is 4. The zero-order chi connectivity index (χ0) is 13.8. The van der Waals surface area contributed by atoms with E-state index in [1.165, 1.54) is 6.07 Å². The smallest absolute Gasteiger partial charge is 0.357 e. The van der Waals surface area contributed by atoms with Crippen LogP contribution in [0, 0.1) is 0 Å². The number of aromatic nitrogens is 2. The Kier molecular flexibility index (Phi) is 4.35. The van der Waals surface area contributed by atoms with Crippen molar-refractivity contribution in [3.05, 3.63) is 46.3 Å². The van der Waals surface area contributed by atoms with E-state index in [1.54, 1.807) is 31.2 Å². The summed E-state index contributed by atoms with van der Waals surface area (Å²) in [5.74, 6) is -0.526. The Morgan fingerprint density at radius 2 is 1.89 bits per heavy atom. The molecule has 0 radical (unpaired) electrons. The van der Waals surface area contributed by atoms with Gasteiger partial charge in [-0.15, -0.1) is 0 Å². The second-order valence-corrected chi connectivity index (χ2v) is 4.41. The van der Waals surface area contributed by atoms with Crippen LogP contribution >= 0.6 is 23.2 Å². The average molecular weight is 297 g/mol. The van der Waals surface area contributed by atoms with Gasteiger partial charge in [-0.2, -0.15) is 0 Å². The molecule has 1 heterocycles. The number of benzene rings is 1. The van der Waals surface area contributed by atoms with Crippen LogP contribution in [0.5, 0.6) is 0 Å². The molecule has 0 atom stereocenters. The first kappa shape index (κ1) is 13.8. The molecule has 2 rings (SSSR count). The first-order valence-corrected chi connectivity index (χ1v) is 6.33. The first-order chi connectivity index (χ1) is 9.10. The van der Waals surface area contributed by atoms with Crippen LogP contribution in [-0.4, -0.2) is 22.5 Å². The zero-order valence-electron chi connectivity index (χ0n) is 10.1. The largest absolute Gasteiger partial charge is 0.461 e. The molecule has 19 heavy (non-hydrogen) atoms. The number of esters is 1. The van der Waals surface area contributed by atoms with E-state index in [-0.39, 0.29) is 17.6 Å². The fourth-order valence-electron chi connectivity index (χ4n) is 1.50. The molecule has 1 aromatic carbocycles. The van der Waals surface area contributed by atoms with Crippen molar-refractivity contribution in [3.63, 3.8) is 0 Å². The number of halogens is 2. The molecular formula is C13H10Cl2N2O2. The van der Waals surface area contributed by atoms with Gasteiger partial charge in [-0.1, -0.05) is 23.7 Å². The SMILES string of the molecule is CCOC(=O)c1cc(-c2ccc(Cl)cc2)nc(Cl)n1. The number of rotatable bonds is 3. The number of ether oxygens (including phenoxy) is 1. The molecule has 0 bridgehead atoms. The number of nitrogens with zero attached hydrogens (tertiary/aromatic N) is 2. The van der Waals surface area contributed by atoms with Gasteiger partial charge in [0.25, 0.3) is 0 Å². The molecule has 6 heteroatoms. The standard InChI is InChI=1S/C13H10Cl2N2O2/c1-2-19-12(18)11-7-10(16-13(15)17-11)8-3-5-9(14)6-4-8/h3-7H,2H2,1H3. The number of hydrogen-bond donors (Lipinski definition) is 0. The van der Waals surface area contributed by atoms with E-state index < -0.39 is 5.97 Å². The molecule has 0 aliphatic carbocycles. The summed E-state index contributed by atoms with van der Waals surface area (Å²) in [6, 6.07) is 8.58. The molecule has 0 fully saturated rings. The lowest BCUT2D eigenvalue weighted by atomic mass is 10.1. The minimum Gasteiger partial charge on any atom is -0.461 e. The van der Waals surface area contributed by atoms with Crippen LogP contribution < -0.4 is 0 Å². The third-order valence-electron chi connectivity index (χ3n) is 2.32. The Hall–Kier alpha value is -1.65. The van der Waals surface area contributed by atoms with Gasteiger partial charge in [0.1, 0.15) is 0 Å². The summed E-state index contributed by atoms with van der Waals surface area (Å²) in [6.45, 7) is 2.00. The van der Waals surface area contributed by atoms with Crippen molar-refractivity contribution < 1.29 is 9.53 Å². The van der Waals surface area contributed by atoms with E-state index in [9.17, 15) is 4.79 Å². The monoisotopic (exact) mass is 296 g/mol. The Balaban J connectivity index is 2.41. The molecule has 0 amide bonds. The maximum atomic E-state index is 11.6. The normalized spacial score (nSPS) is 10.3. The fraction of sp³-hybridized carbons (Fsp3) is 0.154. The van der Waals surface area contributed by atoms with Gasteiger partial charge in [-0.3, -0.25) is 0 Å². The molecule has 0 N–H and O–H groups in total. The topological polar surface area (TPSA) is 52.1 Å². The highest BCUT2D eigenvalue weighted by Gasteiger charge is 2.12. The summed E-state index contributed by atoms with van der Waals surface area (Å²) in [6.07, 6.45) is 0. The van der Waals surface area contributed by atoms with E-state index >= 15 is 0 Å². The highest BCUT2D eigenvalue weighted by molar-refractivity contribution is 6.30. The van der Waals surface area contributed by atoms with Gasteiger partial charge < -0.3 is 4.74 Å². The Labute approximate surface area is 120 Å². The fourth-order valence-corrected chi connectivity index (χ4v) is 1.80. The summed E-state index contributed by atoms with van der Waals surface area (Å²) in [5, 5.41) is 0.616. The van der Waals surface area contributed by atoms with Crippen LogP contribution in [0.1, 0.15) is 17.4 Å². The van der Waals surface area contributed by atoms with Gasteiger partial charge >= 0.3 is 5.97 Å². The lowest BCUT2D eigenvalue weighted by Crippen LogP contribution is -2.08. The summed E-state index contributed by atoms with van der Waals surface area (Å²) in [4.78, 5) is 19.6. The Morgan fingerprint density at radius 1 is 1.21 bits per heavy atom. The third-order valence-corrected chi connectivity index (χ3v) is 2.74. The predicted octanol–water partition coefficient (Wildman–Crippen LogP) is 3.63. The number of carbonyl (C=O) groups excluding carboxylic acids is 1. The van der Waals surface area contributed by atoms with E-state index in [0.29, 0.717) is 10.7 Å². The van der Waals surface area contributed by atoms with Crippen molar-refractivity contribution in [1.82, 2.24) is 9.97 Å². The first-order valence-electron chi connectivity index (χ1n) is 5.58. The molecule has 0 aliphatic heterocycles. The predicted molar refractivity (Wildman–Crippen MR) is 73.4 cm³/mol. The van der Waals surface area contributed by atoms with Crippen molar-refractivity contribution in [1.29, 1.82) is 0 Å². The molecule has 1 aromatic heterocycles. The minimum atomic E-state index is -0.526. The van der Waals surface area contributed by atoms with Gasteiger partial charge in [0.05, 0.1) is 12.3 Å². The van der Waals surface area contributed by atoms with Gasteiger partial charge in [-0.05, 0) is 36.7 Å². The summed E-state index contributed by atoms with van der Waals surface area (Å²) in [7, 11) is 0. The second kappa shape index (κ2) is 5.99. The molecule has 2 aromatic rings. The van der Waals surface area contributed by atoms with Crippen molar-refractivity contribution >= 4 is 29.2 Å². The highest BCUT2D eigenvalue weighted by Crippen LogP contribution is 2.21. The third kappa shape index (κ3) is 3.43. The quantitative estimate of drug-likeness (QED) is 0.641. The maximum Gasteiger partial charge on any atom is 0.357 e. The summed E-state index contributed by atoms with van der Waals surface area (Å²) in [5.41, 5.74) is 1.46. The molecule has 0 saturated heterocycles. The zero-order valence-corrected chi connectivity index (χ0v) is 11.6. The highest BCUT2D eigenvalue weighted by atomic mass is 35.5. The molecule has 0 unspecified atom stereocenters. The van der Waals surface area contributed by atoms with Crippen LogP contribution in [0.25, 0.3) is 11.3 Å². The van der Waals surface area contributed by atoms with Crippen LogP contribution in [0.4, 0.5) is 0 Å². The minimum absolute atomic E-state index is 0.00416. The van der Waals surface area contributed by atoms with Crippen molar-refractivity contribution in [3.8, 4) is 11.3 Å². The molecule has 0 aliphatic rings. The summed E-state index contributed by atoms with van der Waals surface area (Å²) >= 11 is 11.6. The molecule has 0 spiro atoms. The van der Waals surface area contributed by atoms with Gasteiger partial charge in [-0.25, -0.2) is 14.8 Å². The van der Waals surface area contributed by atoms with Crippen LogP contribution in [0.3, 0.4) is 0 Å². The number of carbonyl (C=O) groups is 1. The van der Waals surface area contributed by atoms with Gasteiger partial charge in [0, 0.05) is 10.6 Å². The lowest BCUT2D eigenvalue weighted by Gasteiger charge is -2.05. The second-order valence-electron chi connectivity index (χ2n) is 3.63. The molecular weight excluding hydrogens is 287 g/mol. The molecule has 4 nitrogen and oxygen atoms in total. The van der Waals surface area contributed by atoms with Crippen LogP contribution in [0.15, 0.2) is 30.3 Å². The van der Waals surface area contributed by atoms with E-state index in [4.69, 9.17) is 27.9 Å². The molecule has 0 saturated carbocycles. The van der Waals surface area contributed by atoms with Crippen molar-refractivity contribution in [2.75, 3.05) is 6.61 Å². The average Bonchev–Trinajstić information content (AvgIpc) is 2.39. The lowest BCUT2D eigenvalue weighted by molar-refractivity contribution is 0.0519. The van der Waals surface area contributed by atoms with Gasteiger partial charge in [0.2, 0.25) is 5.28 Å². The maximum absolute atomic E-state index is 11.6. The van der Waals surface area contributed by atoms with Gasteiger partial charge in [0.15, 0.2) is 5.69 Å². The van der Waals surface area contributed by atoms with Crippen LogP contribution in [-0.2, 0) is 4.74 Å². The van der Waals surface area contributed by atoms with Crippen molar-refractivity contribution in [2.45, 2.75) is 6.92 Å². The summed E-state index contributed by atoms with van der Waals surface area (Å²) < 4.78 is 4.88. The van der Waals surface area contributed by atoms with E-state index in [2.05, 4.69) is 9.97 Å². The van der Waals surface area contributed by atoms with E-state index in [0.717, 1.165) is 5.56 Å².